The number of carbonyl (C=O) groups is 1. The van der Waals surface area contributed by atoms with E-state index < -0.39 is 0 Å². The van der Waals surface area contributed by atoms with Crippen molar-refractivity contribution < 1.29 is 9.53 Å². The average Bonchev–Trinajstić information content (AvgIpc) is 2.73. The zero-order valence-electron chi connectivity index (χ0n) is 20.5. The van der Waals surface area contributed by atoms with Crippen LogP contribution in [0, 0.1) is 0 Å². The summed E-state index contributed by atoms with van der Waals surface area (Å²) >= 11 is 0. The molecule has 178 valence electrons. The van der Waals surface area contributed by atoms with Crippen LogP contribution in [0.4, 0.5) is 5.69 Å². The standard InChI is InChI=1S/C27H48N2O2/c1-4-5-6-7-8-9-10-11-12-13-14-15-16-17-21-28-23-27(30)29-25-19-18-20-26(22-25)31-24(2)3/h18-20,22,24,28H,4-17,21,23H2,1-3H3,(H,29,30). The van der Waals surface area contributed by atoms with Crippen LogP contribution in [-0.2, 0) is 4.79 Å². The molecular formula is C27H48N2O2. The summed E-state index contributed by atoms with van der Waals surface area (Å²) in [5.41, 5.74) is 0.779. The first-order valence-corrected chi connectivity index (χ1v) is 12.9. The van der Waals surface area contributed by atoms with Crippen LogP contribution in [0.3, 0.4) is 0 Å². The summed E-state index contributed by atoms with van der Waals surface area (Å²) in [5, 5.41) is 6.18. The van der Waals surface area contributed by atoms with Gasteiger partial charge in [-0.3, -0.25) is 4.79 Å². The van der Waals surface area contributed by atoms with Crippen molar-refractivity contribution in [2.45, 2.75) is 117 Å². The topological polar surface area (TPSA) is 50.4 Å². The Balaban J connectivity index is 1.89. The fourth-order valence-corrected chi connectivity index (χ4v) is 3.77. The maximum atomic E-state index is 12.1. The van der Waals surface area contributed by atoms with Gasteiger partial charge in [0.15, 0.2) is 0 Å². The fourth-order valence-electron chi connectivity index (χ4n) is 3.77. The molecule has 0 fully saturated rings. The van der Waals surface area contributed by atoms with E-state index in [0.717, 1.165) is 24.4 Å². The Kier molecular flexibility index (Phi) is 17.0. The molecule has 0 aliphatic heterocycles. The van der Waals surface area contributed by atoms with Gasteiger partial charge in [0, 0.05) is 11.8 Å². The lowest BCUT2D eigenvalue weighted by molar-refractivity contribution is -0.115. The van der Waals surface area contributed by atoms with Crippen molar-refractivity contribution >= 4 is 11.6 Å². The number of anilines is 1. The summed E-state index contributed by atoms with van der Waals surface area (Å²) in [4.78, 5) is 12.1. The number of rotatable bonds is 20. The average molecular weight is 433 g/mol. The summed E-state index contributed by atoms with van der Waals surface area (Å²) in [5.74, 6) is 0.773. The van der Waals surface area contributed by atoms with E-state index in [-0.39, 0.29) is 12.0 Å². The van der Waals surface area contributed by atoms with Crippen molar-refractivity contribution in [1.82, 2.24) is 5.32 Å². The second-order valence-electron chi connectivity index (χ2n) is 9.02. The van der Waals surface area contributed by atoms with Gasteiger partial charge in [-0.1, -0.05) is 96.5 Å². The highest BCUT2D eigenvalue weighted by Crippen LogP contribution is 2.18. The van der Waals surface area contributed by atoms with E-state index in [1.165, 1.54) is 83.5 Å². The SMILES string of the molecule is CCCCCCCCCCCCCCCCNCC(=O)Nc1cccc(OC(C)C)c1. The minimum atomic E-state index is -0.00735. The number of hydrogen-bond acceptors (Lipinski definition) is 3. The third kappa shape index (κ3) is 16.8. The molecule has 2 N–H and O–H groups in total. The lowest BCUT2D eigenvalue weighted by Gasteiger charge is -2.11. The Morgan fingerprint density at radius 2 is 1.39 bits per heavy atom. The highest BCUT2D eigenvalue weighted by molar-refractivity contribution is 5.92. The zero-order valence-corrected chi connectivity index (χ0v) is 20.5. The maximum Gasteiger partial charge on any atom is 0.238 e. The lowest BCUT2D eigenvalue weighted by atomic mass is 10.0. The van der Waals surface area contributed by atoms with Gasteiger partial charge in [-0.2, -0.15) is 0 Å². The second kappa shape index (κ2) is 19.2. The van der Waals surface area contributed by atoms with Crippen LogP contribution >= 0.6 is 0 Å². The molecule has 4 nitrogen and oxygen atoms in total. The highest BCUT2D eigenvalue weighted by atomic mass is 16.5. The molecule has 0 aliphatic carbocycles. The molecule has 0 saturated heterocycles. The highest BCUT2D eigenvalue weighted by Gasteiger charge is 2.04. The van der Waals surface area contributed by atoms with E-state index in [1.54, 1.807) is 0 Å². The monoisotopic (exact) mass is 432 g/mol. The Morgan fingerprint density at radius 1 is 0.839 bits per heavy atom. The van der Waals surface area contributed by atoms with Crippen LogP contribution in [0.25, 0.3) is 0 Å². The van der Waals surface area contributed by atoms with Gasteiger partial charge in [-0.25, -0.2) is 0 Å². The van der Waals surface area contributed by atoms with E-state index in [2.05, 4.69) is 17.6 Å². The number of carbonyl (C=O) groups excluding carboxylic acids is 1. The van der Waals surface area contributed by atoms with Crippen molar-refractivity contribution in [1.29, 1.82) is 0 Å². The van der Waals surface area contributed by atoms with Gasteiger partial charge in [0.2, 0.25) is 5.91 Å². The Hall–Kier alpha value is -1.55. The normalized spacial score (nSPS) is 11.1. The molecule has 31 heavy (non-hydrogen) atoms. The van der Waals surface area contributed by atoms with Gasteiger partial charge in [0.1, 0.15) is 5.75 Å². The minimum Gasteiger partial charge on any atom is -0.491 e. The summed E-state index contributed by atoms with van der Waals surface area (Å²) in [6.45, 7) is 7.52. The summed E-state index contributed by atoms with van der Waals surface area (Å²) in [7, 11) is 0. The molecule has 1 amide bonds. The molecule has 0 heterocycles. The number of ether oxygens (including phenoxy) is 1. The Bertz CT molecular complexity index is 560. The van der Waals surface area contributed by atoms with E-state index in [1.807, 2.05) is 38.1 Å². The van der Waals surface area contributed by atoms with Gasteiger partial charge >= 0.3 is 0 Å². The van der Waals surface area contributed by atoms with Crippen molar-refractivity contribution in [3.8, 4) is 5.75 Å². The van der Waals surface area contributed by atoms with Gasteiger partial charge in [-0.15, -0.1) is 0 Å². The van der Waals surface area contributed by atoms with E-state index in [9.17, 15) is 4.79 Å². The molecular weight excluding hydrogens is 384 g/mol. The van der Waals surface area contributed by atoms with E-state index in [4.69, 9.17) is 4.74 Å². The summed E-state index contributed by atoms with van der Waals surface area (Å²) in [6, 6.07) is 7.56. The molecule has 4 heteroatoms. The van der Waals surface area contributed by atoms with Crippen molar-refractivity contribution in [2.24, 2.45) is 0 Å². The van der Waals surface area contributed by atoms with Crippen LogP contribution in [-0.4, -0.2) is 25.1 Å². The molecule has 1 aromatic carbocycles. The molecule has 0 bridgehead atoms. The number of nitrogens with one attached hydrogen (secondary N) is 2. The van der Waals surface area contributed by atoms with Crippen molar-refractivity contribution in [3.05, 3.63) is 24.3 Å². The molecule has 0 saturated carbocycles. The Labute approximate surface area is 191 Å². The Morgan fingerprint density at radius 3 is 1.94 bits per heavy atom. The minimum absolute atomic E-state index is 0.00735. The summed E-state index contributed by atoms with van der Waals surface area (Å²) in [6.07, 6.45) is 19.3. The molecule has 1 aromatic rings. The zero-order chi connectivity index (χ0) is 22.6. The summed E-state index contributed by atoms with van der Waals surface area (Å²) < 4.78 is 5.66. The quantitative estimate of drug-likeness (QED) is 0.210. The second-order valence-corrected chi connectivity index (χ2v) is 9.02. The van der Waals surface area contributed by atoms with E-state index >= 15 is 0 Å². The molecule has 0 aromatic heterocycles. The predicted molar refractivity (Wildman–Crippen MR) is 134 cm³/mol. The van der Waals surface area contributed by atoms with Crippen LogP contribution in [0.15, 0.2) is 24.3 Å². The number of unbranched alkanes of at least 4 members (excludes halogenated alkanes) is 13. The van der Waals surface area contributed by atoms with Crippen LogP contribution < -0.4 is 15.4 Å². The molecule has 0 spiro atoms. The maximum absolute atomic E-state index is 12.1. The van der Waals surface area contributed by atoms with Crippen LogP contribution in [0.2, 0.25) is 0 Å². The fraction of sp³-hybridized carbons (Fsp3) is 0.741. The van der Waals surface area contributed by atoms with Gasteiger partial charge in [0.25, 0.3) is 0 Å². The third-order valence-electron chi connectivity index (χ3n) is 5.48. The first-order valence-electron chi connectivity index (χ1n) is 12.9. The molecule has 0 unspecified atom stereocenters. The van der Waals surface area contributed by atoms with Gasteiger partial charge < -0.3 is 15.4 Å². The third-order valence-corrected chi connectivity index (χ3v) is 5.48. The number of hydrogen-bond donors (Lipinski definition) is 2. The van der Waals surface area contributed by atoms with E-state index in [0.29, 0.717) is 6.54 Å². The predicted octanol–water partition coefficient (Wildman–Crippen LogP) is 7.48. The smallest absolute Gasteiger partial charge is 0.238 e. The van der Waals surface area contributed by atoms with Crippen LogP contribution in [0.5, 0.6) is 5.75 Å². The van der Waals surface area contributed by atoms with Crippen molar-refractivity contribution in [2.75, 3.05) is 18.4 Å². The first-order chi connectivity index (χ1) is 15.1. The molecule has 0 atom stereocenters. The molecule has 0 aliphatic rings. The molecule has 0 radical (unpaired) electrons. The van der Waals surface area contributed by atoms with Gasteiger partial charge in [-0.05, 0) is 38.9 Å². The van der Waals surface area contributed by atoms with Crippen molar-refractivity contribution in [3.63, 3.8) is 0 Å². The largest absolute Gasteiger partial charge is 0.491 e. The van der Waals surface area contributed by atoms with Gasteiger partial charge in [0.05, 0.1) is 12.6 Å². The molecule has 1 rings (SSSR count). The lowest BCUT2D eigenvalue weighted by Crippen LogP contribution is -2.28. The number of benzene rings is 1. The van der Waals surface area contributed by atoms with Crippen LogP contribution in [0.1, 0.15) is 111 Å². The number of amides is 1. The first kappa shape index (κ1) is 27.5.